The van der Waals surface area contributed by atoms with Gasteiger partial charge in [-0.25, -0.2) is 4.79 Å². The molecule has 0 unspecified atom stereocenters. The van der Waals surface area contributed by atoms with Gasteiger partial charge in [-0.3, -0.25) is 0 Å². The van der Waals surface area contributed by atoms with Crippen LogP contribution in [-0.4, -0.2) is 60.4 Å². The number of piperidine rings is 1. The molecule has 0 saturated carbocycles. The molecule has 1 saturated heterocycles. The number of alkyl halides is 3. The first-order chi connectivity index (χ1) is 9.18. The number of nitrogens with zero attached hydrogens (tertiary/aromatic N) is 2. The number of urea groups is 1. The highest BCUT2D eigenvalue weighted by molar-refractivity contribution is 5.93. The van der Waals surface area contributed by atoms with E-state index < -0.39 is 24.3 Å². The highest BCUT2D eigenvalue weighted by atomic mass is 19.4. The summed E-state index contributed by atoms with van der Waals surface area (Å²) in [6.45, 7) is -0.309. The van der Waals surface area contributed by atoms with Crippen LogP contribution in [0.25, 0.3) is 0 Å². The van der Waals surface area contributed by atoms with Crippen molar-refractivity contribution in [2.24, 2.45) is 10.9 Å². The average molecular weight is 297 g/mol. The van der Waals surface area contributed by atoms with Crippen molar-refractivity contribution in [1.29, 1.82) is 0 Å². The Morgan fingerprint density at radius 2 is 2.00 bits per heavy atom. The molecule has 0 aromatic heterocycles. The van der Waals surface area contributed by atoms with Crippen LogP contribution in [0.15, 0.2) is 5.16 Å². The largest absolute Gasteiger partial charge is 0.409 e. The van der Waals surface area contributed by atoms with E-state index in [1.807, 2.05) is 11.9 Å². The second-order valence-corrected chi connectivity index (χ2v) is 4.79. The molecule has 1 rings (SSSR count). The Hall–Kier alpha value is -1.71. The number of oxime groups is 1. The second-order valence-electron chi connectivity index (χ2n) is 4.79. The van der Waals surface area contributed by atoms with E-state index in [0.717, 1.165) is 0 Å². The van der Waals surface area contributed by atoms with Crippen LogP contribution in [0, 0.1) is 0 Å². The van der Waals surface area contributed by atoms with Gasteiger partial charge >= 0.3 is 12.2 Å². The summed E-state index contributed by atoms with van der Waals surface area (Å²) in [7, 11) is 1.86. The summed E-state index contributed by atoms with van der Waals surface area (Å²) >= 11 is 0. The lowest BCUT2D eigenvalue weighted by molar-refractivity contribution is -0.122. The molecule has 0 aromatic rings. The lowest BCUT2D eigenvalue weighted by Gasteiger charge is -2.40. The van der Waals surface area contributed by atoms with E-state index in [0.29, 0.717) is 25.9 Å². The molecule has 0 spiro atoms. The fraction of sp³-hybridized carbons (Fsp3) is 0.800. The van der Waals surface area contributed by atoms with Gasteiger partial charge in [0.15, 0.2) is 5.84 Å². The second kappa shape index (κ2) is 6.16. The third-order valence-corrected chi connectivity index (χ3v) is 3.24. The third kappa shape index (κ3) is 4.44. The molecule has 0 aliphatic carbocycles. The zero-order valence-corrected chi connectivity index (χ0v) is 11.0. The highest BCUT2D eigenvalue weighted by Crippen LogP contribution is 2.22. The van der Waals surface area contributed by atoms with Crippen molar-refractivity contribution in [3.63, 3.8) is 0 Å². The molecule has 1 aliphatic heterocycles. The number of nitrogens with one attached hydrogen (secondary N) is 2. The van der Waals surface area contributed by atoms with E-state index in [-0.39, 0.29) is 5.84 Å². The monoisotopic (exact) mass is 297 g/mol. The molecular formula is C10H18F3N5O2. The predicted molar refractivity (Wildman–Crippen MR) is 65.5 cm³/mol. The van der Waals surface area contributed by atoms with Crippen molar-refractivity contribution in [2.75, 3.05) is 26.7 Å². The van der Waals surface area contributed by atoms with Crippen LogP contribution in [0.2, 0.25) is 0 Å². The van der Waals surface area contributed by atoms with Gasteiger partial charge < -0.3 is 26.5 Å². The Morgan fingerprint density at radius 3 is 2.45 bits per heavy atom. The van der Waals surface area contributed by atoms with E-state index in [9.17, 15) is 18.0 Å². The molecule has 0 radical (unpaired) electrons. The van der Waals surface area contributed by atoms with Gasteiger partial charge in [0, 0.05) is 13.1 Å². The van der Waals surface area contributed by atoms with Crippen LogP contribution in [0.1, 0.15) is 12.8 Å². The van der Waals surface area contributed by atoms with Crippen LogP contribution in [-0.2, 0) is 0 Å². The number of carbonyl (C=O) groups is 1. The Labute approximate surface area is 114 Å². The Morgan fingerprint density at radius 1 is 1.45 bits per heavy atom. The van der Waals surface area contributed by atoms with Crippen LogP contribution in [0.4, 0.5) is 18.0 Å². The first-order valence-corrected chi connectivity index (χ1v) is 5.98. The fourth-order valence-electron chi connectivity index (χ4n) is 1.98. The number of rotatable bonds is 3. The van der Waals surface area contributed by atoms with Gasteiger partial charge in [0.2, 0.25) is 0 Å². The van der Waals surface area contributed by atoms with Gasteiger partial charge in [-0.1, -0.05) is 5.16 Å². The minimum atomic E-state index is -4.49. The SMILES string of the molecule is CN1CCC(NC(=O)NCC(F)(F)F)(C(N)=NO)CC1. The summed E-state index contributed by atoms with van der Waals surface area (Å²) < 4.78 is 36.1. The molecule has 7 nitrogen and oxygen atoms in total. The van der Waals surface area contributed by atoms with Gasteiger partial charge in [0.25, 0.3) is 0 Å². The third-order valence-electron chi connectivity index (χ3n) is 3.24. The summed E-state index contributed by atoms with van der Waals surface area (Å²) in [6, 6.07) is -1.00. The van der Waals surface area contributed by atoms with Gasteiger partial charge in [0.05, 0.1) is 0 Å². The number of likely N-dealkylation sites (tertiary alicyclic amines) is 1. The number of hydrogen-bond donors (Lipinski definition) is 4. The van der Waals surface area contributed by atoms with E-state index >= 15 is 0 Å². The minimum absolute atomic E-state index is 0.215. The van der Waals surface area contributed by atoms with Gasteiger partial charge in [-0.05, 0) is 19.9 Å². The maximum atomic E-state index is 12.0. The maximum Gasteiger partial charge on any atom is 0.405 e. The quantitative estimate of drug-likeness (QED) is 0.256. The first kappa shape index (κ1) is 16.3. The Bertz CT molecular complexity index is 378. The van der Waals surface area contributed by atoms with Crippen molar-refractivity contribution in [3.8, 4) is 0 Å². The molecule has 1 heterocycles. The average Bonchev–Trinajstić information content (AvgIpc) is 2.37. The smallest absolute Gasteiger partial charge is 0.405 e. The number of amides is 2. The molecule has 0 atom stereocenters. The molecule has 10 heteroatoms. The molecule has 0 aromatic carbocycles. The molecule has 20 heavy (non-hydrogen) atoms. The Balaban J connectivity index is 2.69. The van der Waals surface area contributed by atoms with Crippen molar-refractivity contribution >= 4 is 11.9 Å². The topological polar surface area (TPSA) is 103 Å². The zero-order chi connectivity index (χ0) is 15.4. The Kier molecular flexibility index (Phi) is 5.03. The van der Waals surface area contributed by atoms with Gasteiger partial charge in [-0.15, -0.1) is 0 Å². The van der Waals surface area contributed by atoms with Crippen LogP contribution >= 0.6 is 0 Å². The van der Waals surface area contributed by atoms with E-state index in [4.69, 9.17) is 10.9 Å². The highest BCUT2D eigenvalue weighted by Gasteiger charge is 2.40. The van der Waals surface area contributed by atoms with Crippen LogP contribution in [0.5, 0.6) is 0 Å². The molecule has 1 aliphatic rings. The first-order valence-electron chi connectivity index (χ1n) is 5.98. The lowest BCUT2D eigenvalue weighted by atomic mass is 9.86. The summed E-state index contributed by atoms with van der Waals surface area (Å²) in [5.41, 5.74) is 4.45. The molecule has 0 bridgehead atoms. The summed E-state index contributed by atoms with van der Waals surface area (Å²) in [5.74, 6) is -0.215. The molecule has 5 N–H and O–H groups in total. The van der Waals surface area contributed by atoms with Gasteiger partial charge in [0.1, 0.15) is 12.1 Å². The van der Waals surface area contributed by atoms with E-state index in [2.05, 4.69) is 10.5 Å². The summed E-state index contributed by atoms with van der Waals surface area (Å²) in [4.78, 5) is 13.5. The lowest BCUT2D eigenvalue weighted by Crippen LogP contribution is -2.63. The summed E-state index contributed by atoms with van der Waals surface area (Å²) in [5, 5.41) is 15.8. The predicted octanol–water partition coefficient (Wildman–Crippen LogP) is 0.0587. The standard InChI is InChI=1S/C10H18F3N5O2/c1-18-4-2-9(3-5-18,7(14)17-20)16-8(19)15-6-10(11,12)13/h20H,2-6H2,1H3,(H2,14,17)(H2,15,16,19). The molecule has 1 fully saturated rings. The molecule has 116 valence electrons. The number of halogens is 3. The molecular weight excluding hydrogens is 279 g/mol. The maximum absolute atomic E-state index is 12.0. The fourth-order valence-corrected chi connectivity index (χ4v) is 1.98. The van der Waals surface area contributed by atoms with Crippen molar-refractivity contribution in [1.82, 2.24) is 15.5 Å². The number of carbonyl (C=O) groups excluding carboxylic acids is 1. The molecule has 2 amide bonds. The number of hydrogen-bond acceptors (Lipinski definition) is 4. The van der Waals surface area contributed by atoms with Crippen LogP contribution in [0.3, 0.4) is 0 Å². The number of nitrogens with two attached hydrogens (primary N) is 1. The normalized spacial score (nSPS) is 20.5. The number of amidine groups is 1. The van der Waals surface area contributed by atoms with Crippen molar-refractivity contribution in [2.45, 2.75) is 24.6 Å². The van der Waals surface area contributed by atoms with E-state index in [1.165, 1.54) is 0 Å². The van der Waals surface area contributed by atoms with Crippen LogP contribution < -0.4 is 16.4 Å². The van der Waals surface area contributed by atoms with Gasteiger partial charge in [-0.2, -0.15) is 13.2 Å². The van der Waals surface area contributed by atoms with E-state index in [1.54, 1.807) is 5.32 Å². The minimum Gasteiger partial charge on any atom is -0.409 e. The zero-order valence-electron chi connectivity index (χ0n) is 11.0. The van der Waals surface area contributed by atoms with Crippen molar-refractivity contribution in [3.05, 3.63) is 0 Å². The van der Waals surface area contributed by atoms with Crippen molar-refractivity contribution < 1.29 is 23.2 Å². The summed E-state index contributed by atoms with van der Waals surface area (Å²) in [6.07, 6.45) is -3.80.